The van der Waals surface area contributed by atoms with Gasteiger partial charge >= 0.3 is 6.09 Å². The van der Waals surface area contributed by atoms with Crippen molar-refractivity contribution < 1.29 is 43.0 Å². The molecule has 4 heterocycles. The van der Waals surface area contributed by atoms with E-state index >= 15 is 28.8 Å². The van der Waals surface area contributed by atoms with Gasteiger partial charge in [-0.1, -0.05) is 121 Å². The summed E-state index contributed by atoms with van der Waals surface area (Å²) in [6.07, 6.45) is 0.181. The number of rotatable bonds is 17. The predicted molar refractivity (Wildman–Crippen MR) is 309 cm³/mol. The van der Waals surface area contributed by atoms with Gasteiger partial charge in [0.05, 0.1) is 6.54 Å². The third-order valence-electron chi connectivity index (χ3n) is 15.3. The average molecular weight is 1120 g/mol. The van der Waals surface area contributed by atoms with Crippen LogP contribution in [0.2, 0.25) is 0 Å². The van der Waals surface area contributed by atoms with E-state index in [1.165, 1.54) is 16.8 Å². The van der Waals surface area contributed by atoms with Gasteiger partial charge in [0.15, 0.2) is 0 Å². The molecule has 20 heteroatoms. The minimum atomic E-state index is -1.31. The van der Waals surface area contributed by atoms with Crippen LogP contribution in [0.5, 0.6) is 5.75 Å². The first kappa shape index (κ1) is 58.1. The van der Waals surface area contributed by atoms with Gasteiger partial charge in [0.2, 0.25) is 35.4 Å². The van der Waals surface area contributed by atoms with Crippen molar-refractivity contribution >= 4 is 52.4 Å². The van der Waals surface area contributed by atoms with Gasteiger partial charge in [-0.25, -0.2) is 4.79 Å². The molecule has 7 atom stereocenters. The number of H-pyrrole nitrogens is 1. The summed E-state index contributed by atoms with van der Waals surface area (Å²) in [5, 5.41) is 18.7. The molecule has 0 spiro atoms. The molecule has 1 aromatic heterocycles. The van der Waals surface area contributed by atoms with Crippen molar-refractivity contribution in [3.8, 4) is 5.75 Å². The van der Waals surface area contributed by atoms with E-state index in [1.54, 1.807) is 30.5 Å². The monoisotopic (exact) mass is 1120 g/mol. The summed E-state index contributed by atoms with van der Waals surface area (Å²) in [7, 11) is 1.49. The van der Waals surface area contributed by atoms with Gasteiger partial charge in [0, 0.05) is 95.6 Å². The number of aromatic nitrogens is 1. The van der Waals surface area contributed by atoms with Crippen molar-refractivity contribution in [3.63, 3.8) is 0 Å². The first-order valence-electron chi connectivity index (χ1n) is 28.1. The summed E-state index contributed by atoms with van der Waals surface area (Å²) >= 11 is 0. The molecule has 0 radical (unpaired) electrons. The number of nitrogens with two attached hydrogens (primary N) is 1. The van der Waals surface area contributed by atoms with E-state index in [2.05, 4.69) is 36.9 Å². The number of para-hydroxylation sites is 1. The van der Waals surface area contributed by atoms with Gasteiger partial charge in [-0.3, -0.25) is 33.7 Å². The number of ether oxygens (including phenoxy) is 2. The number of amides is 7. The predicted octanol–water partition coefficient (Wildman–Crippen LogP) is 2.75. The first-order valence-corrected chi connectivity index (χ1v) is 28.1. The molecule has 0 bridgehead atoms. The molecule has 6 aromatic rings. The lowest BCUT2D eigenvalue weighted by Crippen LogP contribution is -2.63. The van der Waals surface area contributed by atoms with E-state index in [0.29, 0.717) is 61.6 Å². The molecule has 5 aromatic carbocycles. The zero-order valence-corrected chi connectivity index (χ0v) is 46.1. The topological polar surface area (TPSA) is 262 Å². The normalized spacial score (nSPS) is 22.5. The largest absolute Gasteiger partial charge is 0.489 e. The minimum absolute atomic E-state index is 0.00895. The zero-order valence-electron chi connectivity index (χ0n) is 46.1. The number of fused-ring (bicyclic) bond motifs is 2. The quantitative estimate of drug-likeness (QED) is 0.0656. The molecule has 20 nitrogen and oxygen atoms in total. The summed E-state index contributed by atoms with van der Waals surface area (Å²) in [4.78, 5) is 113. The molecule has 7 amide bonds. The molecule has 3 saturated heterocycles. The van der Waals surface area contributed by atoms with Crippen molar-refractivity contribution in [2.75, 3.05) is 59.4 Å². The first-order chi connectivity index (χ1) is 39.9. The average Bonchev–Trinajstić information content (AvgIpc) is 4.30. The summed E-state index contributed by atoms with van der Waals surface area (Å²) in [6, 6.07) is 35.3. The van der Waals surface area contributed by atoms with E-state index in [-0.39, 0.29) is 58.3 Å². The third kappa shape index (κ3) is 15.4. The Balaban J connectivity index is 1.12. The number of benzene rings is 5. The summed E-state index contributed by atoms with van der Waals surface area (Å²) in [5.74, 6) is -3.39. The summed E-state index contributed by atoms with van der Waals surface area (Å²) < 4.78 is 11.9. The third-order valence-corrected chi connectivity index (χ3v) is 15.3. The van der Waals surface area contributed by atoms with Crippen molar-refractivity contribution in [2.45, 2.75) is 87.5 Å². The number of carbonyl (C=O) groups is 7. The fraction of sp³-hybridized carbons (Fsp3) is 0.371. The Labute approximate surface area is 477 Å². The fourth-order valence-electron chi connectivity index (χ4n) is 10.8. The Kier molecular flexibility index (Phi) is 20.0. The van der Waals surface area contributed by atoms with Crippen LogP contribution >= 0.6 is 0 Å². The number of nitrogens with zero attached hydrogens (tertiary/aromatic N) is 3. The molecule has 3 fully saturated rings. The van der Waals surface area contributed by atoms with Crippen LogP contribution in [0.3, 0.4) is 0 Å². The molecule has 1 unspecified atom stereocenters. The molecule has 82 heavy (non-hydrogen) atoms. The van der Waals surface area contributed by atoms with Gasteiger partial charge in [-0.15, -0.1) is 0 Å². The number of nitrogens with one attached hydrogen (secondary N) is 7. The van der Waals surface area contributed by atoms with Crippen LogP contribution in [0.15, 0.2) is 146 Å². The van der Waals surface area contributed by atoms with E-state index in [0.717, 1.165) is 22.0 Å². The second kappa shape index (κ2) is 28.2. The lowest BCUT2D eigenvalue weighted by molar-refractivity contribution is -0.149. The van der Waals surface area contributed by atoms with Crippen LogP contribution < -0.4 is 42.4 Å². The second-order valence-corrected chi connectivity index (χ2v) is 21.1. The van der Waals surface area contributed by atoms with Crippen LogP contribution in [0.1, 0.15) is 40.7 Å². The number of hydrogen-bond acceptors (Lipinski definition) is 12. The Bertz CT molecular complexity index is 3120. The summed E-state index contributed by atoms with van der Waals surface area (Å²) in [5.41, 5.74) is 10.4. The highest BCUT2D eigenvalue weighted by molar-refractivity contribution is 5.99. The highest BCUT2D eigenvalue weighted by atomic mass is 16.6. The van der Waals surface area contributed by atoms with E-state index in [1.807, 2.05) is 120 Å². The van der Waals surface area contributed by atoms with Gasteiger partial charge in [-0.05, 0) is 58.9 Å². The number of aromatic amines is 1. The Morgan fingerprint density at radius 3 is 1.94 bits per heavy atom. The van der Waals surface area contributed by atoms with Crippen LogP contribution in [0.4, 0.5) is 4.79 Å². The molecule has 3 aliphatic rings. The van der Waals surface area contributed by atoms with Crippen molar-refractivity contribution in [2.24, 2.45) is 5.73 Å². The number of alkyl carbamates (subject to hydrolysis) is 1. The van der Waals surface area contributed by atoms with Gasteiger partial charge in [-0.2, -0.15) is 0 Å². The SMILES string of the molecule is CN1C(=O)[C@H](Cc2ccc(OCc3ccccc3)cc2)NC(=O)[C@H](CN2CCNCC2)NC(=O)[C@@H](Cc2c[nH]c3ccccc23)NC(=O)[C@H](CCc2ccccc2)NC(=O)[C@@H]2CC(OC(=O)NCCN)CN2C(=O)[C@@H]1Cc1ccccc1. The highest BCUT2D eigenvalue weighted by Gasteiger charge is 2.46. The van der Waals surface area contributed by atoms with Crippen molar-refractivity contribution in [1.29, 1.82) is 0 Å². The number of aryl methyl sites for hydroxylation is 1. The number of hydrogen-bond donors (Lipinski definition) is 8. The second-order valence-electron chi connectivity index (χ2n) is 21.1. The molecule has 3 aliphatic heterocycles. The van der Waals surface area contributed by atoms with Crippen molar-refractivity contribution in [3.05, 3.63) is 174 Å². The standard InChI is InChI=1S/C62H73N11O9/c1-71-55(34-42-15-7-3-8-16-42)61(79)73-38-47(82-62(80)65-28-27-63)36-54(73)59(77)67-50(26-23-41-13-5-2-6-14-41)56(74)68-51(35-45-37-66-49-20-12-11-19-48(45)49)57(75)70-53(39-72-31-29-64-30-32-72)58(76)69-52(60(71)78)33-43-21-24-46(25-22-43)81-40-44-17-9-4-10-18-44/h2-22,24-25,37,47,50-55,64,66H,23,26-36,38-40,63H2,1H3,(H,65,80)(H,67,77)(H,68,74)(H,69,76)(H,70,75)/t47?,50-,51+,52-,53-,54-,55-/m0/s1. The lowest BCUT2D eigenvalue weighted by atomic mass is 9.99. The van der Waals surface area contributed by atoms with E-state index < -0.39 is 83.9 Å². The fourth-order valence-corrected chi connectivity index (χ4v) is 10.8. The Morgan fingerprint density at radius 1 is 0.634 bits per heavy atom. The zero-order chi connectivity index (χ0) is 57.4. The molecule has 0 aliphatic carbocycles. The molecule has 9 rings (SSSR count). The molecular formula is C62H73N11O9. The maximum absolute atomic E-state index is 15.7. The molecule has 0 saturated carbocycles. The van der Waals surface area contributed by atoms with Crippen LogP contribution in [0.25, 0.3) is 10.9 Å². The molecular weight excluding hydrogens is 1040 g/mol. The summed E-state index contributed by atoms with van der Waals surface area (Å²) in [6.45, 7) is 2.80. The van der Waals surface area contributed by atoms with Crippen LogP contribution in [-0.4, -0.2) is 163 Å². The van der Waals surface area contributed by atoms with E-state index in [9.17, 15) is 4.79 Å². The maximum Gasteiger partial charge on any atom is 0.407 e. The highest BCUT2D eigenvalue weighted by Crippen LogP contribution is 2.27. The van der Waals surface area contributed by atoms with Crippen LogP contribution in [0, 0.1) is 0 Å². The lowest BCUT2D eigenvalue weighted by Gasteiger charge is -2.36. The Hall–Kier alpha value is -8.59. The number of carbonyl (C=O) groups excluding carboxylic acids is 7. The molecule has 430 valence electrons. The Morgan fingerprint density at radius 2 is 1.23 bits per heavy atom. The minimum Gasteiger partial charge on any atom is -0.489 e. The van der Waals surface area contributed by atoms with Crippen LogP contribution in [-0.2, 0) is 65.8 Å². The number of piperazine rings is 1. The van der Waals surface area contributed by atoms with Gasteiger partial charge < -0.3 is 61.9 Å². The van der Waals surface area contributed by atoms with Gasteiger partial charge in [0.25, 0.3) is 0 Å². The maximum atomic E-state index is 15.7. The molecule has 9 N–H and O–H groups in total. The number of likely N-dealkylation sites (N-methyl/N-ethyl adjacent to an activating group) is 1. The van der Waals surface area contributed by atoms with Gasteiger partial charge in [0.1, 0.15) is 54.7 Å². The smallest absolute Gasteiger partial charge is 0.407 e. The van der Waals surface area contributed by atoms with E-state index in [4.69, 9.17) is 15.2 Å². The van der Waals surface area contributed by atoms with Crippen molar-refractivity contribution in [1.82, 2.24) is 51.6 Å².